The van der Waals surface area contributed by atoms with E-state index in [1.807, 2.05) is 6.92 Å². The number of rotatable bonds is 4. The number of alkyl halides is 2. The molecule has 0 aliphatic heterocycles. The molecule has 8 heteroatoms. The van der Waals surface area contributed by atoms with Crippen molar-refractivity contribution in [2.24, 2.45) is 5.92 Å². The maximum absolute atomic E-state index is 13.5. The number of hydrogen-bond donors (Lipinski definition) is 0. The number of amides is 1. The van der Waals surface area contributed by atoms with E-state index >= 15 is 0 Å². The number of hydrogen-bond acceptors (Lipinski definition) is 3. The van der Waals surface area contributed by atoms with Crippen molar-refractivity contribution in [3.05, 3.63) is 28.2 Å². The summed E-state index contributed by atoms with van der Waals surface area (Å²) in [5.74, 6) is -3.51. The molecular formula is C21H28BrF2NO3S. The standard InChI is InChI=1S/C21H28BrF2NO3S/c1-14-7-8-19(17(22)13-14)29(27,28)18-6-4-3-5-16(18)20(26)25(2)15-9-11-21(23,24)12-10-15/h7-8,13,15-16,18H,3-6,9-12H2,1-2H3/t16-,18-/m0/s1. The number of benzene rings is 1. The molecule has 0 heterocycles. The van der Waals surface area contributed by atoms with Gasteiger partial charge in [-0.3, -0.25) is 4.79 Å². The van der Waals surface area contributed by atoms with Crippen LogP contribution in [0.5, 0.6) is 0 Å². The molecule has 0 unspecified atom stereocenters. The minimum atomic E-state index is -3.70. The van der Waals surface area contributed by atoms with Crippen LogP contribution < -0.4 is 0 Å². The Morgan fingerprint density at radius 1 is 1.14 bits per heavy atom. The number of sulfone groups is 1. The topological polar surface area (TPSA) is 54.5 Å². The van der Waals surface area contributed by atoms with Crippen LogP contribution in [-0.2, 0) is 14.6 Å². The van der Waals surface area contributed by atoms with Gasteiger partial charge in [0, 0.05) is 30.4 Å². The first-order valence-electron chi connectivity index (χ1n) is 10.2. The average molecular weight is 492 g/mol. The van der Waals surface area contributed by atoms with E-state index in [2.05, 4.69) is 15.9 Å². The highest BCUT2D eigenvalue weighted by atomic mass is 79.9. The molecule has 3 rings (SSSR count). The van der Waals surface area contributed by atoms with Crippen LogP contribution in [0.15, 0.2) is 27.6 Å². The monoisotopic (exact) mass is 491 g/mol. The Kier molecular flexibility index (Phi) is 6.73. The third kappa shape index (κ3) is 4.84. The Hall–Kier alpha value is -1.02. The zero-order valence-corrected chi connectivity index (χ0v) is 19.2. The van der Waals surface area contributed by atoms with Crippen LogP contribution in [0.25, 0.3) is 0 Å². The first-order chi connectivity index (χ1) is 13.5. The summed E-state index contributed by atoms with van der Waals surface area (Å²) in [4.78, 5) is 15.0. The molecule has 0 N–H and O–H groups in total. The fourth-order valence-electron chi connectivity index (χ4n) is 4.60. The molecule has 162 valence electrons. The summed E-state index contributed by atoms with van der Waals surface area (Å²) in [5, 5.41) is -0.782. The predicted molar refractivity (Wildman–Crippen MR) is 112 cm³/mol. The summed E-state index contributed by atoms with van der Waals surface area (Å²) in [7, 11) is -2.07. The quantitative estimate of drug-likeness (QED) is 0.586. The molecule has 2 aliphatic rings. The van der Waals surface area contributed by atoms with E-state index in [0.717, 1.165) is 18.4 Å². The number of halogens is 3. The van der Waals surface area contributed by atoms with Crippen LogP contribution in [0.4, 0.5) is 8.78 Å². The summed E-state index contributed by atoms with van der Waals surface area (Å²) in [6.07, 6.45) is 2.57. The van der Waals surface area contributed by atoms with Crippen molar-refractivity contribution in [1.29, 1.82) is 0 Å². The molecule has 0 radical (unpaired) electrons. The van der Waals surface area contributed by atoms with Crippen molar-refractivity contribution in [3.63, 3.8) is 0 Å². The lowest BCUT2D eigenvalue weighted by Gasteiger charge is -2.39. The molecule has 0 bridgehead atoms. The van der Waals surface area contributed by atoms with E-state index < -0.39 is 26.9 Å². The Morgan fingerprint density at radius 2 is 1.76 bits per heavy atom. The smallest absolute Gasteiger partial charge is 0.248 e. The van der Waals surface area contributed by atoms with E-state index in [1.54, 1.807) is 25.2 Å². The largest absolute Gasteiger partial charge is 0.342 e. The van der Waals surface area contributed by atoms with Crippen molar-refractivity contribution in [1.82, 2.24) is 4.90 Å². The highest BCUT2D eigenvalue weighted by molar-refractivity contribution is 9.10. The van der Waals surface area contributed by atoms with E-state index in [-0.39, 0.29) is 42.5 Å². The lowest BCUT2D eigenvalue weighted by Crippen LogP contribution is -2.48. The Balaban J connectivity index is 1.83. The second-order valence-corrected chi connectivity index (χ2v) is 11.4. The normalized spacial score (nSPS) is 25.6. The minimum Gasteiger partial charge on any atom is -0.342 e. The van der Waals surface area contributed by atoms with Gasteiger partial charge >= 0.3 is 0 Å². The zero-order valence-electron chi connectivity index (χ0n) is 16.8. The summed E-state index contributed by atoms with van der Waals surface area (Å²) in [6, 6.07) is 4.86. The van der Waals surface area contributed by atoms with Crippen molar-refractivity contribution >= 4 is 31.7 Å². The second kappa shape index (κ2) is 8.61. The summed E-state index contributed by atoms with van der Waals surface area (Å²) in [6.45, 7) is 1.89. The summed E-state index contributed by atoms with van der Waals surface area (Å²) < 4.78 is 54.3. The number of carbonyl (C=O) groups excluding carboxylic acids is 1. The third-order valence-electron chi connectivity index (χ3n) is 6.39. The van der Waals surface area contributed by atoms with Gasteiger partial charge in [0.2, 0.25) is 11.8 Å². The van der Waals surface area contributed by atoms with Gasteiger partial charge in [0.05, 0.1) is 16.1 Å². The summed E-state index contributed by atoms with van der Waals surface area (Å²) in [5.41, 5.74) is 0.945. The molecule has 2 atom stereocenters. The molecule has 0 saturated heterocycles. The van der Waals surface area contributed by atoms with E-state index in [9.17, 15) is 22.0 Å². The van der Waals surface area contributed by atoms with Gasteiger partial charge in [-0.2, -0.15) is 0 Å². The molecule has 1 amide bonds. The van der Waals surface area contributed by atoms with E-state index in [1.165, 1.54) is 4.90 Å². The zero-order chi connectivity index (χ0) is 21.4. The van der Waals surface area contributed by atoms with Crippen LogP contribution in [0.3, 0.4) is 0 Å². The molecule has 1 aromatic carbocycles. The van der Waals surface area contributed by atoms with Gasteiger partial charge in [-0.15, -0.1) is 0 Å². The first-order valence-corrected chi connectivity index (χ1v) is 12.5. The molecule has 0 aromatic heterocycles. The lowest BCUT2D eigenvalue weighted by molar-refractivity contribution is -0.140. The molecule has 4 nitrogen and oxygen atoms in total. The molecule has 2 aliphatic carbocycles. The van der Waals surface area contributed by atoms with Gasteiger partial charge < -0.3 is 4.90 Å². The van der Waals surface area contributed by atoms with Crippen LogP contribution in [0.1, 0.15) is 56.9 Å². The Labute approximate surface area is 180 Å². The number of carbonyl (C=O) groups is 1. The van der Waals surface area contributed by atoms with Gasteiger partial charge in [0.25, 0.3) is 0 Å². The Morgan fingerprint density at radius 3 is 2.38 bits per heavy atom. The van der Waals surface area contributed by atoms with E-state index in [4.69, 9.17) is 0 Å². The highest BCUT2D eigenvalue weighted by Crippen LogP contribution is 2.39. The lowest BCUT2D eigenvalue weighted by atomic mass is 9.86. The number of aryl methyl sites for hydroxylation is 1. The first kappa shape index (κ1) is 22.7. The maximum Gasteiger partial charge on any atom is 0.248 e. The van der Waals surface area contributed by atoms with Crippen molar-refractivity contribution < 1.29 is 22.0 Å². The van der Waals surface area contributed by atoms with Crippen molar-refractivity contribution in [3.8, 4) is 0 Å². The average Bonchev–Trinajstić information content (AvgIpc) is 2.66. The van der Waals surface area contributed by atoms with Gasteiger partial charge in [-0.25, -0.2) is 17.2 Å². The molecule has 29 heavy (non-hydrogen) atoms. The predicted octanol–water partition coefficient (Wildman–Crippen LogP) is 5.13. The molecule has 0 spiro atoms. The van der Waals surface area contributed by atoms with Crippen molar-refractivity contribution in [2.45, 2.75) is 80.4 Å². The fourth-order valence-corrected chi connectivity index (χ4v) is 7.85. The Bertz CT molecular complexity index is 865. The molecule has 2 fully saturated rings. The minimum absolute atomic E-state index is 0.216. The van der Waals surface area contributed by atoms with Crippen molar-refractivity contribution in [2.75, 3.05) is 7.05 Å². The fraction of sp³-hybridized carbons (Fsp3) is 0.667. The molecular weight excluding hydrogens is 464 g/mol. The van der Waals surface area contributed by atoms with Gasteiger partial charge in [-0.1, -0.05) is 18.9 Å². The van der Waals surface area contributed by atoms with E-state index in [0.29, 0.717) is 17.3 Å². The van der Waals surface area contributed by atoms with Crippen LogP contribution >= 0.6 is 15.9 Å². The third-order valence-corrected chi connectivity index (χ3v) is 9.64. The van der Waals surface area contributed by atoms with Crippen LogP contribution in [0, 0.1) is 12.8 Å². The van der Waals surface area contributed by atoms with Crippen LogP contribution in [-0.4, -0.2) is 43.5 Å². The van der Waals surface area contributed by atoms with Gasteiger partial charge in [0.15, 0.2) is 9.84 Å². The number of nitrogens with zero attached hydrogens (tertiary/aromatic N) is 1. The summed E-state index contributed by atoms with van der Waals surface area (Å²) >= 11 is 3.36. The maximum atomic E-state index is 13.5. The van der Waals surface area contributed by atoms with Gasteiger partial charge in [-0.05, 0) is 66.2 Å². The SMILES string of the molecule is Cc1ccc(S(=O)(=O)[C@H]2CCCC[C@@H]2C(=O)N(C)C2CCC(F)(F)CC2)c(Br)c1. The van der Waals surface area contributed by atoms with Gasteiger partial charge in [0.1, 0.15) is 0 Å². The van der Waals surface area contributed by atoms with Crippen LogP contribution in [0.2, 0.25) is 0 Å². The highest BCUT2D eigenvalue weighted by Gasteiger charge is 2.44. The molecule has 2 saturated carbocycles. The molecule has 1 aromatic rings. The second-order valence-electron chi connectivity index (χ2n) is 8.44.